The van der Waals surface area contributed by atoms with Crippen LogP contribution >= 0.6 is 0 Å². The molecular formula is C14H23N3O3. The summed E-state index contributed by atoms with van der Waals surface area (Å²) < 4.78 is 7.14. The molecule has 1 aliphatic rings. The Balaban J connectivity index is 1.93. The van der Waals surface area contributed by atoms with E-state index in [1.165, 1.54) is 10.7 Å². The molecule has 6 heteroatoms. The first kappa shape index (κ1) is 14.8. The fourth-order valence-electron chi connectivity index (χ4n) is 2.51. The summed E-state index contributed by atoms with van der Waals surface area (Å²) in [6, 6.07) is 1.48. The van der Waals surface area contributed by atoms with Crippen LogP contribution in [0.25, 0.3) is 0 Å². The van der Waals surface area contributed by atoms with Gasteiger partial charge in [-0.25, -0.2) is 4.79 Å². The lowest BCUT2D eigenvalue weighted by Gasteiger charge is -2.40. The molecule has 0 saturated carbocycles. The third-order valence-corrected chi connectivity index (χ3v) is 3.75. The van der Waals surface area contributed by atoms with Crippen molar-refractivity contribution < 1.29 is 14.6 Å². The van der Waals surface area contributed by atoms with Crippen LogP contribution in [-0.2, 0) is 7.05 Å². The van der Waals surface area contributed by atoms with Crippen LogP contribution in [0.2, 0.25) is 0 Å². The number of nitrogens with zero attached hydrogens (tertiary/aromatic N) is 3. The molecule has 1 saturated heterocycles. The highest BCUT2D eigenvalue weighted by molar-refractivity contribution is 5.85. The predicted octanol–water partition coefficient (Wildman–Crippen LogP) is 1.76. The number of piperidine rings is 1. The van der Waals surface area contributed by atoms with E-state index in [0.29, 0.717) is 5.88 Å². The number of rotatable bonds is 3. The van der Waals surface area contributed by atoms with Gasteiger partial charge in [0.2, 0.25) is 5.88 Å². The number of carboxylic acids is 1. The standard InChI is InChI=1S/C14H23N3O3/c1-14(2,3)17-7-5-10(6-8-17)20-12-9-11(13(18)19)16(4)15-12/h9-10H,5-8H2,1-4H3,(H,18,19). The SMILES string of the molecule is Cn1nc(OC2CCN(C(C)(C)C)CC2)cc1C(=O)O. The second-order valence-electron chi connectivity index (χ2n) is 6.27. The van der Waals surface area contributed by atoms with Crippen molar-refractivity contribution in [2.75, 3.05) is 13.1 Å². The van der Waals surface area contributed by atoms with Gasteiger partial charge in [0.15, 0.2) is 0 Å². The van der Waals surface area contributed by atoms with Gasteiger partial charge in [0.25, 0.3) is 0 Å². The van der Waals surface area contributed by atoms with E-state index in [4.69, 9.17) is 9.84 Å². The molecule has 0 unspecified atom stereocenters. The lowest BCUT2D eigenvalue weighted by molar-refractivity contribution is 0.0469. The maximum Gasteiger partial charge on any atom is 0.354 e. The third-order valence-electron chi connectivity index (χ3n) is 3.75. The van der Waals surface area contributed by atoms with E-state index in [1.54, 1.807) is 7.05 Å². The zero-order valence-corrected chi connectivity index (χ0v) is 12.6. The van der Waals surface area contributed by atoms with Crippen molar-refractivity contribution in [2.45, 2.75) is 45.3 Å². The van der Waals surface area contributed by atoms with E-state index in [0.717, 1.165) is 25.9 Å². The largest absolute Gasteiger partial charge is 0.477 e. The van der Waals surface area contributed by atoms with Crippen LogP contribution in [0, 0.1) is 0 Å². The second kappa shape index (κ2) is 5.44. The molecule has 1 aliphatic heterocycles. The van der Waals surface area contributed by atoms with Crippen molar-refractivity contribution in [2.24, 2.45) is 7.05 Å². The minimum Gasteiger partial charge on any atom is -0.477 e. The van der Waals surface area contributed by atoms with Crippen LogP contribution in [0.3, 0.4) is 0 Å². The molecule has 6 nitrogen and oxygen atoms in total. The molecule has 1 fully saturated rings. The third kappa shape index (κ3) is 3.30. The Morgan fingerprint density at radius 2 is 2.00 bits per heavy atom. The molecule has 0 aromatic carbocycles. The Kier molecular flexibility index (Phi) is 4.04. The molecule has 0 aliphatic carbocycles. The van der Waals surface area contributed by atoms with Gasteiger partial charge in [0, 0.05) is 31.7 Å². The molecule has 0 radical (unpaired) electrons. The summed E-state index contributed by atoms with van der Waals surface area (Å²) in [4.78, 5) is 13.4. The number of likely N-dealkylation sites (tertiary alicyclic amines) is 1. The Hall–Kier alpha value is -1.56. The average molecular weight is 281 g/mol. The Bertz CT molecular complexity index is 482. The van der Waals surface area contributed by atoms with Gasteiger partial charge in [0.05, 0.1) is 0 Å². The van der Waals surface area contributed by atoms with Gasteiger partial charge in [-0.15, -0.1) is 5.10 Å². The summed E-state index contributed by atoms with van der Waals surface area (Å²) in [5.41, 5.74) is 0.332. The quantitative estimate of drug-likeness (QED) is 0.914. The number of aryl methyl sites for hydroxylation is 1. The Morgan fingerprint density at radius 1 is 1.40 bits per heavy atom. The Labute approximate surface area is 119 Å². The van der Waals surface area contributed by atoms with Gasteiger partial charge >= 0.3 is 5.97 Å². The number of ether oxygens (including phenoxy) is 1. The first-order valence-corrected chi connectivity index (χ1v) is 6.96. The molecule has 20 heavy (non-hydrogen) atoms. The Morgan fingerprint density at radius 3 is 2.45 bits per heavy atom. The zero-order valence-electron chi connectivity index (χ0n) is 12.6. The predicted molar refractivity (Wildman–Crippen MR) is 75.1 cm³/mol. The minimum atomic E-state index is -0.989. The van der Waals surface area contributed by atoms with E-state index in [-0.39, 0.29) is 17.3 Å². The molecule has 1 aromatic heterocycles. The van der Waals surface area contributed by atoms with Gasteiger partial charge in [-0.05, 0) is 33.6 Å². The summed E-state index contributed by atoms with van der Waals surface area (Å²) in [6.07, 6.45) is 2.00. The van der Waals surface area contributed by atoms with Crippen molar-refractivity contribution in [3.63, 3.8) is 0 Å². The maximum atomic E-state index is 11.0. The number of carbonyl (C=O) groups is 1. The first-order chi connectivity index (χ1) is 9.27. The van der Waals surface area contributed by atoms with Crippen LogP contribution in [0.5, 0.6) is 5.88 Å². The summed E-state index contributed by atoms with van der Waals surface area (Å²) in [5.74, 6) is -0.587. The number of hydrogen-bond donors (Lipinski definition) is 1. The normalized spacial score (nSPS) is 18.2. The molecule has 0 spiro atoms. The van der Waals surface area contributed by atoms with Crippen LogP contribution in [-0.4, -0.2) is 50.5 Å². The fourth-order valence-corrected chi connectivity index (χ4v) is 2.51. The van der Waals surface area contributed by atoms with Crippen molar-refractivity contribution in [1.29, 1.82) is 0 Å². The van der Waals surface area contributed by atoms with E-state index in [9.17, 15) is 4.79 Å². The van der Waals surface area contributed by atoms with Gasteiger partial charge in [0.1, 0.15) is 11.8 Å². The van der Waals surface area contributed by atoms with Crippen LogP contribution in [0.15, 0.2) is 6.07 Å². The topological polar surface area (TPSA) is 67.6 Å². The summed E-state index contributed by atoms with van der Waals surface area (Å²) in [6.45, 7) is 8.63. The molecular weight excluding hydrogens is 258 g/mol. The van der Waals surface area contributed by atoms with Gasteiger partial charge in [-0.3, -0.25) is 9.58 Å². The minimum absolute atomic E-state index is 0.116. The number of aromatic nitrogens is 2. The van der Waals surface area contributed by atoms with E-state index < -0.39 is 5.97 Å². The van der Waals surface area contributed by atoms with Crippen molar-refractivity contribution in [1.82, 2.24) is 14.7 Å². The molecule has 112 valence electrons. The fraction of sp³-hybridized carbons (Fsp3) is 0.714. The van der Waals surface area contributed by atoms with Crippen molar-refractivity contribution in [3.05, 3.63) is 11.8 Å². The van der Waals surface area contributed by atoms with Crippen molar-refractivity contribution >= 4 is 5.97 Å². The summed E-state index contributed by atoms with van der Waals surface area (Å²) >= 11 is 0. The maximum absolute atomic E-state index is 11.0. The van der Waals surface area contributed by atoms with E-state index >= 15 is 0 Å². The van der Waals surface area contributed by atoms with Crippen LogP contribution in [0.1, 0.15) is 44.1 Å². The van der Waals surface area contributed by atoms with Crippen LogP contribution < -0.4 is 4.74 Å². The lowest BCUT2D eigenvalue weighted by Crippen LogP contribution is -2.48. The first-order valence-electron chi connectivity index (χ1n) is 6.96. The van der Waals surface area contributed by atoms with Gasteiger partial charge in [-0.2, -0.15) is 0 Å². The highest BCUT2D eigenvalue weighted by Crippen LogP contribution is 2.23. The highest BCUT2D eigenvalue weighted by Gasteiger charge is 2.28. The zero-order chi connectivity index (χ0) is 14.9. The number of hydrogen-bond acceptors (Lipinski definition) is 4. The molecule has 1 N–H and O–H groups in total. The van der Waals surface area contributed by atoms with E-state index in [2.05, 4.69) is 30.8 Å². The summed E-state index contributed by atoms with van der Waals surface area (Å²) in [7, 11) is 1.61. The second-order valence-corrected chi connectivity index (χ2v) is 6.27. The molecule has 2 heterocycles. The number of carboxylic acid groups (broad SMARTS) is 1. The molecule has 0 bridgehead atoms. The highest BCUT2D eigenvalue weighted by atomic mass is 16.5. The van der Waals surface area contributed by atoms with Crippen molar-refractivity contribution in [3.8, 4) is 5.88 Å². The van der Waals surface area contributed by atoms with Gasteiger partial charge in [-0.1, -0.05) is 0 Å². The smallest absolute Gasteiger partial charge is 0.354 e. The summed E-state index contributed by atoms with van der Waals surface area (Å²) in [5, 5.41) is 13.1. The average Bonchev–Trinajstić information content (AvgIpc) is 2.70. The molecule has 0 amide bonds. The molecule has 1 aromatic rings. The van der Waals surface area contributed by atoms with Crippen LogP contribution in [0.4, 0.5) is 0 Å². The molecule has 2 rings (SSSR count). The molecule has 0 atom stereocenters. The van der Waals surface area contributed by atoms with E-state index in [1.807, 2.05) is 0 Å². The van der Waals surface area contributed by atoms with Gasteiger partial charge < -0.3 is 9.84 Å². The number of aromatic carboxylic acids is 1. The lowest BCUT2D eigenvalue weighted by atomic mass is 9.99. The monoisotopic (exact) mass is 281 g/mol.